The number of H-pyrrole nitrogens is 1. The van der Waals surface area contributed by atoms with Crippen LogP contribution in [0.15, 0.2) is 36.7 Å². The summed E-state index contributed by atoms with van der Waals surface area (Å²) in [6.45, 7) is 1.95. The van der Waals surface area contributed by atoms with E-state index in [1.807, 2.05) is 0 Å². The van der Waals surface area contributed by atoms with Crippen molar-refractivity contribution in [2.45, 2.75) is 13.3 Å². The van der Waals surface area contributed by atoms with Crippen LogP contribution in [0.2, 0.25) is 0 Å². The molecule has 0 aliphatic rings. The van der Waals surface area contributed by atoms with Gasteiger partial charge >= 0.3 is 0 Å². The zero-order valence-electron chi connectivity index (χ0n) is 11.1. The summed E-state index contributed by atoms with van der Waals surface area (Å²) in [7, 11) is 0. The van der Waals surface area contributed by atoms with E-state index in [2.05, 4.69) is 20.6 Å². The number of hydrogen-bond acceptors (Lipinski definition) is 3. The van der Waals surface area contributed by atoms with E-state index in [-0.39, 0.29) is 11.8 Å². The molecule has 0 radical (unpaired) electrons. The zero-order chi connectivity index (χ0) is 14.4. The third-order valence-electron chi connectivity index (χ3n) is 2.67. The summed E-state index contributed by atoms with van der Waals surface area (Å²) in [6.07, 6.45) is 4.08. The zero-order valence-corrected chi connectivity index (χ0v) is 11.1. The van der Waals surface area contributed by atoms with Gasteiger partial charge in [0.05, 0.1) is 0 Å². The van der Waals surface area contributed by atoms with Gasteiger partial charge in [0.2, 0.25) is 5.91 Å². The number of imidazole rings is 1. The highest BCUT2D eigenvalue weighted by molar-refractivity contribution is 5.95. The molecular formula is C14H16N4O2. The average Bonchev–Trinajstić information content (AvgIpc) is 2.92. The average molecular weight is 272 g/mol. The van der Waals surface area contributed by atoms with Crippen molar-refractivity contribution in [2.24, 2.45) is 0 Å². The van der Waals surface area contributed by atoms with Crippen molar-refractivity contribution in [3.63, 3.8) is 0 Å². The number of nitrogens with zero attached hydrogens (tertiary/aromatic N) is 1. The van der Waals surface area contributed by atoms with Crippen LogP contribution >= 0.6 is 0 Å². The predicted molar refractivity (Wildman–Crippen MR) is 75.4 cm³/mol. The second-order valence-corrected chi connectivity index (χ2v) is 4.30. The third kappa shape index (κ3) is 3.94. The Morgan fingerprint density at radius 3 is 2.60 bits per heavy atom. The van der Waals surface area contributed by atoms with Crippen molar-refractivity contribution in [3.8, 4) is 0 Å². The molecule has 1 aromatic heterocycles. The lowest BCUT2D eigenvalue weighted by Crippen LogP contribution is -2.25. The van der Waals surface area contributed by atoms with Gasteiger partial charge in [0.1, 0.15) is 5.82 Å². The molecular weight excluding hydrogens is 256 g/mol. The van der Waals surface area contributed by atoms with E-state index in [0.29, 0.717) is 24.2 Å². The van der Waals surface area contributed by atoms with Crippen molar-refractivity contribution in [2.75, 3.05) is 11.9 Å². The van der Waals surface area contributed by atoms with Crippen LogP contribution in [0.25, 0.3) is 0 Å². The molecule has 6 heteroatoms. The van der Waals surface area contributed by atoms with Gasteiger partial charge in [-0.15, -0.1) is 0 Å². The molecule has 0 unspecified atom stereocenters. The molecule has 0 spiro atoms. The van der Waals surface area contributed by atoms with E-state index in [4.69, 9.17) is 0 Å². The Labute approximate surface area is 116 Å². The van der Waals surface area contributed by atoms with Crippen molar-refractivity contribution in [3.05, 3.63) is 48.0 Å². The molecule has 0 bridgehead atoms. The lowest BCUT2D eigenvalue weighted by molar-refractivity contribution is -0.114. The smallest absolute Gasteiger partial charge is 0.251 e. The molecule has 0 aliphatic heterocycles. The third-order valence-corrected chi connectivity index (χ3v) is 2.67. The highest BCUT2D eigenvalue weighted by Gasteiger charge is 2.05. The Balaban J connectivity index is 1.84. The van der Waals surface area contributed by atoms with Crippen molar-refractivity contribution in [1.29, 1.82) is 0 Å². The Bertz CT molecular complexity index is 576. The molecule has 104 valence electrons. The maximum absolute atomic E-state index is 11.9. The van der Waals surface area contributed by atoms with Crippen molar-refractivity contribution in [1.82, 2.24) is 15.3 Å². The largest absolute Gasteiger partial charge is 0.352 e. The van der Waals surface area contributed by atoms with Gasteiger partial charge in [-0.2, -0.15) is 0 Å². The van der Waals surface area contributed by atoms with E-state index in [1.54, 1.807) is 36.7 Å². The lowest BCUT2D eigenvalue weighted by Gasteiger charge is -2.06. The van der Waals surface area contributed by atoms with E-state index in [9.17, 15) is 9.59 Å². The number of nitrogens with one attached hydrogen (secondary N) is 3. The number of amides is 2. The molecule has 0 saturated heterocycles. The van der Waals surface area contributed by atoms with Gasteiger partial charge in [-0.05, 0) is 24.3 Å². The van der Waals surface area contributed by atoms with Crippen LogP contribution < -0.4 is 10.6 Å². The molecule has 0 fully saturated rings. The van der Waals surface area contributed by atoms with Gasteiger partial charge < -0.3 is 15.6 Å². The Morgan fingerprint density at radius 1 is 1.25 bits per heavy atom. The molecule has 2 aromatic rings. The van der Waals surface area contributed by atoms with E-state index in [1.165, 1.54) is 6.92 Å². The van der Waals surface area contributed by atoms with Crippen LogP contribution in [-0.4, -0.2) is 28.3 Å². The summed E-state index contributed by atoms with van der Waals surface area (Å²) in [4.78, 5) is 29.8. The predicted octanol–water partition coefficient (Wildman–Crippen LogP) is 1.34. The van der Waals surface area contributed by atoms with Crippen molar-refractivity contribution < 1.29 is 9.59 Å². The van der Waals surface area contributed by atoms with E-state index >= 15 is 0 Å². The molecule has 0 aliphatic carbocycles. The van der Waals surface area contributed by atoms with Crippen LogP contribution in [0.4, 0.5) is 5.69 Å². The minimum absolute atomic E-state index is 0.138. The Morgan fingerprint density at radius 2 is 2.00 bits per heavy atom. The van der Waals surface area contributed by atoms with Gasteiger partial charge in [0.25, 0.3) is 5.91 Å². The minimum Gasteiger partial charge on any atom is -0.352 e. The molecule has 3 N–H and O–H groups in total. The van der Waals surface area contributed by atoms with Gasteiger partial charge in [-0.25, -0.2) is 4.98 Å². The van der Waals surface area contributed by atoms with Crippen LogP contribution in [0, 0.1) is 0 Å². The molecule has 20 heavy (non-hydrogen) atoms. The fourth-order valence-electron chi connectivity index (χ4n) is 1.74. The quantitative estimate of drug-likeness (QED) is 0.767. The van der Waals surface area contributed by atoms with E-state index < -0.39 is 0 Å². The van der Waals surface area contributed by atoms with Crippen LogP contribution in [0.5, 0.6) is 0 Å². The summed E-state index contributed by atoms with van der Waals surface area (Å²) in [6, 6.07) is 6.74. The first-order valence-corrected chi connectivity index (χ1v) is 6.29. The first-order valence-electron chi connectivity index (χ1n) is 6.29. The van der Waals surface area contributed by atoms with Crippen LogP contribution in [0.3, 0.4) is 0 Å². The number of benzene rings is 1. The summed E-state index contributed by atoms with van der Waals surface area (Å²) in [5.41, 5.74) is 1.23. The Kier molecular flexibility index (Phi) is 4.49. The molecule has 1 aromatic carbocycles. The number of rotatable bonds is 5. The number of aromatic nitrogens is 2. The Hall–Kier alpha value is -2.63. The fourth-order valence-corrected chi connectivity index (χ4v) is 1.74. The van der Waals surface area contributed by atoms with E-state index in [0.717, 1.165) is 5.82 Å². The standard InChI is InChI=1S/C14H16N4O2/c1-10(19)18-12-4-2-11(3-5-12)14(20)17-7-6-13-15-8-9-16-13/h2-5,8-9H,6-7H2,1H3,(H,15,16)(H,17,20)(H,18,19). The second kappa shape index (κ2) is 6.51. The highest BCUT2D eigenvalue weighted by Crippen LogP contribution is 2.09. The summed E-state index contributed by atoms with van der Waals surface area (Å²) >= 11 is 0. The first kappa shape index (κ1) is 13.8. The summed E-state index contributed by atoms with van der Waals surface area (Å²) in [5.74, 6) is 0.554. The summed E-state index contributed by atoms with van der Waals surface area (Å²) < 4.78 is 0. The fraction of sp³-hybridized carbons (Fsp3) is 0.214. The van der Waals surface area contributed by atoms with Crippen LogP contribution in [-0.2, 0) is 11.2 Å². The molecule has 6 nitrogen and oxygen atoms in total. The van der Waals surface area contributed by atoms with Gasteiger partial charge in [-0.1, -0.05) is 0 Å². The first-order chi connectivity index (χ1) is 9.65. The molecule has 2 rings (SSSR count). The maximum atomic E-state index is 11.9. The highest BCUT2D eigenvalue weighted by atomic mass is 16.2. The summed E-state index contributed by atoms with van der Waals surface area (Å²) in [5, 5.41) is 5.46. The van der Waals surface area contributed by atoms with Crippen molar-refractivity contribution >= 4 is 17.5 Å². The molecule has 0 atom stereocenters. The van der Waals surface area contributed by atoms with Gasteiger partial charge in [-0.3, -0.25) is 9.59 Å². The second-order valence-electron chi connectivity index (χ2n) is 4.30. The number of aromatic amines is 1. The van der Waals surface area contributed by atoms with Gasteiger partial charge in [0.15, 0.2) is 0 Å². The minimum atomic E-state index is -0.147. The number of hydrogen-bond donors (Lipinski definition) is 3. The van der Waals surface area contributed by atoms with Crippen LogP contribution in [0.1, 0.15) is 23.1 Å². The normalized spacial score (nSPS) is 10.1. The molecule has 0 saturated carbocycles. The SMILES string of the molecule is CC(=O)Nc1ccc(C(=O)NCCc2ncc[nH]2)cc1. The molecule has 2 amide bonds. The maximum Gasteiger partial charge on any atom is 0.251 e. The number of carbonyl (C=O) groups is 2. The monoisotopic (exact) mass is 272 g/mol. The topological polar surface area (TPSA) is 86.9 Å². The van der Waals surface area contributed by atoms with Gasteiger partial charge in [0, 0.05) is 43.5 Å². The number of anilines is 1. The number of carbonyl (C=O) groups excluding carboxylic acids is 2. The molecule has 1 heterocycles. The lowest BCUT2D eigenvalue weighted by atomic mass is 10.2.